The summed E-state index contributed by atoms with van der Waals surface area (Å²) in [5.74, 6) is 0.537. The molecule has 0 saturated carbocycles. The fraction of sp³-hybridized carbons (Fsp3) is 0.125. The summed E-state index contributed by atoms with van der Waals surface area (Å²) >= 11 is 0. The van der Waals surface area contributed by atoms with E-state index in [4.69, 9.17) is 4.42 Å². The Kier molecular flexibility index (Phi) is 2.49. The van der Waals surface area contributed by atoms with Gasteiger partial charge in [0, 0.05) is 13.1 Å². The van der Waals surface area contributed by atoms with Crippen molar-refractivity contribution in [3.63, 3.8) is 0 Å². The number of rotatable bonds is 2. The van der Waals surface area contributed by atoms with E-state index in [-0.39, 0.29) is 5.91 Å². The van der Waals surface area contributed by atoms with Gasteiger partial charge in [0.25, 0.3) is 0 Å². The zero-order valence-corrected chi connectivity index (χ0v) is 6.20. The molecule has 0 saturated heterocycles. The monoisotopic (exact) mass is 151 g/mol. The molecular formula is C8H9NO2. The van der Waals surface area contributed by atoms with E-state index in [1.165, 1.54) is 6.08 Å². The van der Waals surface area contributed by atoms with Gasteiger partial charge >= 0.3 is 0 Å². The fourth-order valence-electron chi connectivity index (χ4n) is 0.627. The summed E-state index contributed by atoms with van der Waals surface area (Å²) < 4.78 is 4.96. The second-order valence-corrected chi connectivity index (χ2v) is 1.96. The minimum atomic E-state index is -0.138. The summed E-state index contributed by atoms with van der Waals surface area (Å²) in [6, 6.07) is 3.54. The molecule has 0 radical (unpaired) electrons. The van der Waals surface area contributed by atoms with E-state index < -0.39 is 0 Å². The van der Waals surface area contributed by atoms with Gasteiger partial charge in [0.15, 0.2) is 0 Å². The molecule has 11 heavy (non-hydrogen) atoms. The predicted octanol–water partition coefficient (Wildman–Crippen LogP) is 1.04. The lowest BCUT2D eigenvalue weighted by atomic mass is 10.4. The number of nitrogens with one attached hydrogen (secondary N) is 1. The van der Waals surface area contributed by atoms with Gasteiger partial charge in [-0.15, -0.1) is 0 Å². The molecule has 0 atom stereocenters. The molecule has 0 aliphatic rings. The van der Waals surface area contributed by atoms with Gasteiger partial charge in [0.05, 0.1) is 6.26 Å². The zero-order chi connectivity index (χ0) is 8.10. The first kappa shape index (κ1) is 7.60. The van der Waals surface area contributed by atoms with E-state index in [0.29, 0.717) is 5.76 Å². The van der Waals surface area contributed by atoms with Crippen molar-refractivity contribution in [2.75, 3.05) is 7.05 Å². The molecule has 1 rings (SSSR count). The molecule has 1 amide bonds. The Morgan fingerprint density at radius 1 is 1.73 bits per heavy atom. The van der Waals surface area contributed by atoms with Crippen LogP contribution in [0.15, 0.2) is 28.9 Å². The minimum Gasteiger partial charge on any atom is -0.465 e. The smallest absolute Gasteiger partial charge is 0.243 e. The standard InChI is InChI=1S/C8H9NO2/c1-9-8(10)5-4-7-3-2-6-11-7/h2-6H,1H3,(H,9,10). The molecule has 0 aliphatic heterocycles. The van der Waals surface area contributed by atoms with Crippen molar-refractivity contribution in [3.05, 3.63) is 30.2 Å². The van der Waals surface area contributed by atoms with Crippen molar-refractivity contribution >= 4 is 12.0 Å². The number of carbonyl (C=O) groups excluding carboxylic acids is 1. The summed E-state index contributed by atoms with van der Waals surface area (Å²) in [6.07, 6.45) is 4.58. The van der Waals surface area contributed by atoms with Gasteiger partial charge in [-0.25, -0.2) is 0 Å². The Morgan fingerprint density at radius 3 is 3.09 bits per heavy atom. The molecule has 0 aliphatic carbocycles. The van der Waals surface area contributed by atoms with Gasteiger partial charge in [-0.05, 0) is 18.2 Å². The van der Waals surface area contributed by atoms with E-state index in [1.54, 1.807) is 31.5 Å². The van der Waals surface area contributed by atoms with Gasteiger partial charge in [0.1, 0.15) is 5.76 Å². The SMILES string of the molecule is CNC(=O)C=Cc1ccco1. The molecule has 0 fully saturated rings. The summed E-state index contributed by atoms with van der Waals surface area (Å²) in [4.78, 5) is 10.7. The van der Waals surface area contributed by atoms with E-state index in [9.17, 15) is 4.79 Å². The third-order valence-corrected chi connectivity index (χ3v) is 1.19. The van der Waals surface area contributed by atoms with E-state index in [1.807, 2.05) is 0 Å². The summed E-state index contributed by atoms with van der Waals surface area (Å²) in [5, 5.41) is 2.46. The first-order valence-corrected chi connectivity index (χ1v) is 3.26. The average molecular weight is 151 g/mol. The van der Waals surface area contributed by atoms with E-state index in [0.717, 1.165) is 0 Å². The lowest BCUT2D eigenvalue weighted by molar-refractivity contribution is -0.115. The van der Waals surface area contributed by atoms with Gasteiger partial charge in [0.2, 0.25) is 5.91 Å². The molecule has 0 unspecified atom stereocenters. The van der Waals surface area contributed by atoms with Crippen molar-refractivity contribution in [1.29, 1.82) is 0 Å². The van der Waals surface area contributed by atoms with Crippen LogP contribution in [-0.4, -0.2) is 13.0 Å². The lowest BCUT2D eigenvalue weighted by Gasteiger charge is -1.87. The predicted molar refractivity (Wildman–Crippen MR) is 41.8 cm³/mol. The number of carbonyl (C=O) groups is 1. The third-order valence-electron chi connectivity index (χ3n) is 1.19. The summed E-state index contributed by atoms with van der Waals surface area (Å²) in [5.41, 5.74) is 0. The van der Waals surface area contributed by atoms with Gasteiger partial charge in [-0.2, -0.15) is 0 Å². The van der Waals surface area contributed by atoms with Crippen molar-refractivity contribution in [1.82, 2.24) is 5.32 Å². The molecule has 1 aromatic heterocycles. The molecule has 58 valence electrons. The van der Waals surface area contributed by atoms with Gasteiger partial charge in [-0.3, -0.25) is 4.79 Å². The van der Waals surface area contributed by atoms with Gasteiger partial charge < -0.3 is 9.73 Å². The maximum atomic E-state index is 10.7. The largest absolute Gasteiger partial charge is 0.465 e. The van der Waals surface area contributed by atoms with Crippen LogP contribution in [0.4, 0.5) is 0 Å². The molecular weight excluding hydrogens is 142 g/mol. The topological polar surface area (TPSA) is 42.2 Å². The zero-order valence-electron chi connectivity index (χ0n) is 6.20. The van der Waals surface area contributed by atoms with Crippen LogP contribution >= 0.6 is 0 Å². The Balaban J connectivity index is 2.55. The molecule has 0 aromatic carbocycles. The highest BCUT2D eigenvalue weighted by molar-refractivity contribution is 5.91. The molecule has 3 nitrogen and oxygen atoms in total. The quantitative estimate of drug-likeness (QED) is 0.641. The maximum absolute atomic E-state index is 10.7. The van der Waals surface area contributed by atoms with Crippen LogP contribution < -0.4 is 5.32 Å². The Labute approximate surface area is 64.7 Å². The highest BCUT2D eigenvalue weighted by Crippen LogP contribution is 2.01. The maximum Gasteiger partial charge on any atom is 0.243 e. The van der Waals surface area contributed by atoms with Crippen LogP contribution in [0.1, 0.15) is 5.76 Å². The Bertz CT molecular complexity index is 249. The fourth-order valence-corrected chi connectivity index (χ4v) is 0.627. The number of amides is 1. The minimum absolute atomic E-state index is 0.138. The number of hydrogen-bond acceptors (Lipinski definition) is 2. The molecule has 1 heterocycles. The van der Waals surface area contributed by atoms with Crippen LogP contribution in [0, 0.1) is 0 Å². The van der Waals surface area contributed by atoms with E-state index >= 15 is 0 Å². The number of furan rings is 1. The van der Waals surface area contributed by atoms with Crippen molar-refractivity contribution in [2.45, 2.75) is 0 Å². The number of likely N-dealkylation sites (N-methyl/N-ethyl adjacent to an activating group) is 1. The van der Waals surface area contributed by atoms with Crippen LogP contribution in [0.2, 0.25) is 0 Å². The van der Waals surface area contributed by atoms with Gasteiger partial charge in [-0.1, -0.05) is 0 Å². The Hall–Kier alpha value is -1.51. The highest BCUT2D eigenvalue weighted by Gasteiger charge is 1.90. The van der Waals surface area contributed by atoms with Crippen molar-refractivity contribution < 1.29 is 9.21 Å². The molecule has 0 spiro atoms. The molecule has 1 N–H and O–H groups in total. The molecule has 3 heteroatoms. The van der Waals surface area contributed by atoms with Crippen LogP contribution in [0.5, 0.6) is 0 Å². The highest BCUT2D eigenvalue weighted by atomic mass is 16.3. The van der Waals surface area contributed by atoms with Crippen LogP contribution in [-0.2, 0) is 4.79 Å². The molecule has 1 aromatic rings. The van der Waals surface area contributed by atoms with Crippen molar-refractivity contribution in [3.8, 4) is 0 Å². The van der Waals surface area contributed by atoms with Crippen LogP contribution in [0.3, 0.4) is 0 Å². The average Bonchev–Trinajstić information content (AvgIpc) is 2.52. The third kappa shape index (κ3) is 2.29. The second kappa shape index (κ2) is 3.61. The summed E-state index contributed by atoms with van der Waals surface area (Å²) in [7, 11) is 1.58. The lowest BCUT2D eigenvalue weighted by Crippen LogP contribution is -2.13. The number of hydrogen-bond donors (Lipinski definition) is 1. The first-order chi connectivity index (χ1) is 5.33. The Morgan fingerprint density at radius 2 is 2.55 bits per heavy atom. The molecule has 0 bridgehead atoms. The van der Waals surface area contributed by atoms with Crippen molar-refractivity contribution in [2.24, 2.45) is 0 Å². The summed E-state index contributed by atoms with van der Waals surface area (Å²) in [6.45, 7) is 0. The van der Waals surface area contributed by atoms with E-state index in [2.05, 4.69) is 5.32 Å². The van der Waals surface area contributed by atoms with Crippen LogP contribution in [0.25, 0.3) is 6.08 Å². The normalized spacial score (nSPS) is 10.3. The second-order valence-electron chi connectivity index (χ2n) is 1.96. The first-order valence-electron chi connectivity index (χ1n) is 3.26.